The number of halogens is 2. The fourth-order valence-electron chi connectivity index (χ4n) is 4.23. The summed E-state index contributed by atoms with van der Waals surface area (Å²) in [4.78, 5) is 31.1. The van der Waals surface area contributed by atoms with Gasteiger partial charge in [-0.1, -0.05) is 13.0 Å². The number of nitrogens with one attached hydrogen (secondary N) is 2. The molecule has 0 aliphatic heterocycles. The maximum atomic E-state index is 14.9. The van der Waals surface area contributed by atoms with E-state index in [0.29, 0.717) is 29.4 Å². The number of hydrogen-bond donors (Lipinski definition) is 2. The van der Waals surface area contributed by atoms with Crippen molar-refractivity contribution in [3.63, 3.8) is 0 Å². The van der Waals surface area contributed by atoms with Crippen molar-refractivity contribution in [1.29, 1.82) is 0 Å². The Morgan fingerprint density at radius 1 is 1.22 bits per heavy atom. The third-order valence-corrected chi connectivity index (χ3v) is 6.14. The van der Waals surface area contributed by atoms with Crippen molar-refractivity contribution in [2.75, 3.05) is 22.7 Å². The van der Waals surface area contributed by atoms with Crippen LogP contribution in [0.2, 0.25) is 0 Å². The summed E-state index contributed by atoms with van der Waals surface area (Å²) in [7, 11) is 1.64. The highest BCUT2D eigenvalue weighted by Gasteiger charge is 2.35. The fourth-order valence-corrected chi connectivity index (χ4v) is 4.23. The number of fused-ring (bicyclic) bond motifs is 1. The number of rotatable bonds is 9. The molecular weight excluding hydrogens is 478 g/mol. The third kappa shape index (κ3) is 4.84. The minimum atomic E-state index is -0.646. The molecule has 5 rings (SSSR count). The highest BCUT2D eigenvalue weighted by molar-refractivity contribution is 5.81. The maximum Gasteiger partial charge on any atom is 0.283 e. The van der Waals surface area contributed by atoms with Crippen molar-refractivity contribution in [3.05, 3.63) is 82.8 Å². The fraction of sp³-hybridized carbons (Fsp3) is 0.269. The van der Waals surface area contributed by atoms with Crippen molar-refractivity contribution < 1.29 is 8.78 Å². The quantitative estimate of drug-likeness (QED) is 0.255. The standard InChI is InChI=1S/C26H26F2N8O/c1-3-20(33-24-22(31-14-29-2)13-30-15-32-24)25-34-21-6-4-5-19(28)23(21)26(37)36(25)35(18-11-12-18)17-9-7-16(27)8-10-17/h4-10,13-15,18,20H,3,11-12H2,1-2H3,(H,29,31)(H,30,32,33). The van der Waals surface area contributed by atoms with Crippen LogP contribution in [0.4, 0.5) is 26.0 Å². The lowest BCUT2D eigenvalue weighted by Crippen LogP contribution is -2.44. The summed E-state index contributed by atoms with van der Waals surface area (Å²) in [6.45, 7) is 1.95. The van der Waals surface area contributed by atoms with Crippen LogP contribution in [-0.2, 0) is 0 Å². The van der Waals surface area contributed by atoms with E-state index in [-0.39, 0.29) is 22.8 Å². The Morgan fingerprint density at radius 2 is 2.00 bits per heavy atom. The van der Waals surface area contributed by atoms with Gasteiger partial charge in [-0.3, -0.25) is 14.8 Å². The molecule has 0 saturated heterocycles. The molecule has 1 atom stereocenters. The second kappa shape index (κ2) is 10.3. The smallest absolute Gasteiger partial charge is 0.283 e. The summed E-state index contributed by atoms with van der Waals surface area (Å²) in [5, 5.41) is 8.09. The van der Waals surface area contributed by atoms with Gasteiger partial charge in [-0.15, -0.1) is 0 Å². The number of nitrogens with zero attached hydrogens (tertiary/aromatic N) is 6. The molecular formula is C26H26F2N8O. The van der Waals surface area contributed by atoms with Gasteiger partial charge in [-0.05, 0) is 55.7 Å². The maximum absolute atomic E-state index is 14.9. The van der Waals surface area contributed by atoms with Crippen molar-refractivity contribution in [3.8, 4) is 0 Å². The molecule has 37 heavy (non-hydrogen) atoms. The number of benzene rings is 2. The molecule has 0 bridgehead atoms. The zero-order valence-electron chi connectivity index (χ0n) is 20.4. The molecule has 9 nitrogen and oxygen atoms in total. The molecule has 1 fully saturated rings. The summed E-state index contributed by atoms with van der Waals surface area (Å²) in [5.41, 5.74) is 0.923. The van der Waals surface area contributed by atoms with E-state index in [2.05, 4.69) is 25.6 Å². The van der Waals surface area contributed by atoms with Crippen LogP contribution < -0.4 is 21.2 Å². The van der Waals surface area contributed by atoms with Gasteiger partial charge in [0.15, 0.2) is 11.6 Å². The summed E-state index contributed by atoms with van der Waals surface area (Å²) < 4.78 is 30.1. The summed E-state index contributed by atoms with van der Waals surface area (Å²) in [6, 6.07) is 9.80. The van der Waals surface area contributed by atoms with Crippen molar-refractivity contribution in [2.45, 2.75) is 38.3 Å². The zero-order chi connectivity index (χ0) is 25.9. The van der Waals surface area contributed by atoms with E-state index in [4.69, 9.17) is 4.98 Å². The molecule has 1 aliphatic rings. The van der Waals surface area contributed by atoms with E-state index in [1.807, 2.05) is 6.92 Å². The largest absolute Gasteiger partial charge is 0.358 e. The molecule has 190 valence electrons. The first kappa shape index (κ1) is 24.3. The van der Waals surface area contributed by atoms with Crippen LogP contribution in [0, 0.1) is 11.6 Å². The lowest BCUT2D eigenvalue weighted by atomic mass is 10.1. The number of hydrogen-bond acceptors (Lipinski definition) is 7. The minimum Gasteiger partial charge on any atom is -0.358 e. The van der Waals surface area contributed by atoms with E-state index in [9.17, 15) is 13.6 Å². The van der Waals surface area contributed by atoms with Crippen LogP contribution >= 0.6 is 0 Å². The Kier molecular flexibility index (Phi) is 6.76. The van der Waals surface area contributed by atoms with E-state index < -0.39 is 17.4 Å². The monoisotopic (exact) mass is 504 g/mol. The van der Waals surface area contributed by atoms with Crippen LogP contribution in [0.15, 0.2) is 64.8 Å². The number of anilines is 3. The molecule has 2 aromatic heterocycles. The summed E-state index contributed by atoms with van der Waals surface area (Å²) >= 11 is 0. The summed E-state index contributed by atoms with van der Waals surface area (Å²) in [6.07, 6.45) is 6.73. The van der Waals surface area contributed by atoms with Crippen LogP contribution in [0.5, 0.6) is 0 Å². The first-order valence-electron chi connectivity index (χ1n) is 12.0. The van der Waals surface area contributed by atoms with Crippen LogP contribution in [0.25, 0.3) is 10.9 Å². The second-order valence-corrected chi connectivity index (χ2v) is 8.69. The van der Waals surface area contributed by atoms with Crippen LogP contribution in [-0.4, -0.2) is 39.1 Å². The lowest BCUT2D eigenvalue weighted by Gasteiger charge is -2.31. The molecule has 0 spiro atoms. The van der Waals surface area contributed by atoms with E-state index in [0.717, 1.165) is 12.8 Å². The van der Waals surface area contributed by atoms with E-state index in [1.54, 1.807) is 36.5 Å². The Labute approximate surface area is 211 Å². The second-order valence-electron chi connectivity index (χ2n) is 8.69. The van der Waals surface area contributed by atoms with Gasteiger partial charge in [-0.25, -0.2) is 23.7 Å². The molecule has 11 heteroatoms. The Morgan fingerprint density at radius 3 is 2.70 bits per heavy atom. The van der Waals surface area contributed by atoms with E-state index in [1.165, 1.54) is 41.6 Å². The van der Waals surface area contributed by atoms with Gasteiger partial charge in [0.05, 0.1) is 35.8 Å². The zero-order valence-corrected chi connectivity index (χ0v) is 20.4. The molecule has 0 amide bonds. The van der Waals surface area contributed by atoms with Gasteiger partial charge in [0.25, 0.3) is 5.56 Å². The molecule has 0 radical (unpaired) electrons. The Hall–Kier alpha value is -4.41. The van der Waals surface area contributed by atoms with E-state index >= 15 is 0 Å². The first-order chi connectivity index (χ1) is 18.0. The van der Waals surface area contributed by atoms with Gasteiger partial charge in [-0.2, -0.15) is 4.68 Å². The number of aromatic nitrogens is 4. The molecule has 2 N–H and O–H groups in total. The van der Waals surface area contributed by atoms with Gasteiger partial charge in [0.1, 0.15) is 29.0 Å². The van der Waals surface area contributed by atoms with Gasteiger partial charge in [0.2, 0.25) is 0 Å². The van der Waals surface area contributed by atoms with Crippen molar-refractivity contribution in [2.24, 2.45) is 4.99 Å². The number of aliphatic imine (C=N–C) groups is 1. The lowest BCUT2D eigenvalue weighted by molar-refractivity contribution is 0.559. The molecule has 4 aromatic rings. The Bertz CT molecular complexity index is 1500. The van der Waals surface area contributed by atoms with Crippen molar-refractivity contribution in [1.82, 2.24) is 19.6 Å². The highest BCUT2D eigenvalue weighted by atomic mass is 19.1. The topological polar surface area (TPSA) is 100 Å². The minimum absolute atomic E-state index is 0.0116. The average Bonchev–Trinajstić information content (AvgIpc) is 3.74. The normalized spacial score (nSPS) is 14.2. The highest BCUT2D eigenvalue weighted by Crippen LogP contribution is 2.34. The molecule has 2 aromatic carbocycles. The molecule has 1 unspecified atom stereocenters. The molecule has 1 aliphatic carbocycles. The van der Waals surface area contributed by atoms with Gasteiger partial charge >= 0.3 is 0 Å². The third-order valence-electron chi connectivity index (χ3n) is 6.14. The van der Waals surface area contributed by atoms with Gasteiger partial charge in [0, 0.05) is 7.05 Å². The van der Waals surface area contributed by atoms with Crippen LogP contribution in [0.3, 0.4) is 0 Å². The molecule has 2 heterocycles. The predicted octanol–water partition coefficient (Wildman–Crippen LogP) is 4.53. The predicted molar refractivity (Wildman–Crippen MR) is 140 cm³/mol. The Balaban J connectivity index is 1.70. The SMILES string of the molecule is CCC(Nc1ncncc1NC=NC)c1nc2cccc(F)c2c(=O)n1N(c1ccc(F)cc1)C1CC1. The van der Waals surface area contributed by atoms with Gasteiger partial charge < -0.3 is 10.6 Å². The summed E-state index contributed by atoms with van der Waals surface area (Å²) in [5.74, 6) is -0.160. The van der Waals surface area contributed by atoms with Crippen LogP contribution in [0.1, 0.15) is 38.1 Å². The molecule has 1 saturated carbocycles. The first-order valence-corrected chi connectivity index (χ1v) is 12.0. The van der Waals surface area contributed by atoms with Crippen molar-refractivity contribution >= 4 is 34.4 Å². The average molecular weight is 505 g/mol.